The molecule has 0 saturated heterocycles. The third kappa shape index (κ3) is 4.85. The van der Waals surface area contributed by atoms with Crippen molar-refractivity contribution in [3.05, 3.63) is 5.82 Å². The van der Waals surface area contributed by atoms with Gasteiger partial charge in [0, 0.05) is 13.2 Å². The van der Waals surface area contributed by atoms with Crippen molar-refractivity contribution < 1.29 is 9.47 Å². The van der Waals surface area contributed by atoms with Crippen LogP contribution < -0.4 is 15.8 Å². The third-order valence-corrected chi connectivity index (χ3v) is 2.78. The standard InChI is InChI=1S/C14H26N4O2/c1-6-10(4)16-13-12(15)14(20-7-9(2)3)18-11(17-13)8-19-5/h9-10H,6-8,15H2,1-5H3,(H,16,17,18). The average Bonchev–Trinajstić information content (AvgIpc) is 2.40. The summed E-state index contributed by atoms with van der Waals surface area (Å²) in [5, 5.41) is 3.28. The Kier molecular flexibility index (Phi) is 6.51. The number of hydrogen-bond donors (Lipinski definition) is 2. The van der Waals surface area contributed by atoms with Gasteiger partial charge < -0.3 is 20.5 Å². The average molecular weight is 282 g/mol. The molecule has 1 aromatic heterocycles. The molecule has 1 heterocycles. The van der Waals surface area contributed by atoms with Crippen LogP contribution >= 0.6 is 0 Å². The topological polar surface area (TPSA) is 82.3 Å². The number of aromatic nitrogens is 2. The van der Waals surface area contributed by atoms with E-state index in [0.29, 0.717) is 42.3 Å². The summed E-state index contributed by atoms with van der Waals surface area (Å²) in [5.74, 6) is 2.00. The number of anilines is 2. The smallest absolute Gasteiger partial charge is 0.242 e. The molecule has 3 N–H and O–H groups in total. The van der Waals surface area contributed by atoms with Crippen molar-refractivity contribution >= 4 is 11.5 Å². The zero-order chi connectivity index (χ0) is 15.1. The predicted molar refractivity (Wildman–Crippen MR) is 80.9 cm³/mol. The van der Waals surface area contributed by atoms with Gasteiger partial charge in [-0.05, 0) is 19.3 Å². The molecule has 0 aliphatic carbocycles. The fourth-order valence-electron chi connectivity index (χ4n) is 1.49. The molecule has 0 spiro atoms. The Hall–Kier alpha value is -1.56. The molecule has 1 rings (SSSR count). The number of nitrogens with zero attached hydrogens (tertiary/aromatic N) is 2. The van der Waals surface area contributed by atoms with Gasteiger partial charge in [0.2, 0.25) is 5.88 Å². The van der Waals surface area contributed by atoms with Crippen LogP contribution in [0, 0.1) is 5.92 Å². The number of nitrogens with one attached hydrogen (secondary N) is 1. The summed E-state index contributed by atoms with van der Waals surface area (Å²) in [6, 6.07) is 0.278. The van der Waals surface area contributed by atoms with Gasteiger partial charge in [0.15, 0.2) is 11.6 Å². The largest absolute Gasteiger partial charge is 0.476 e. The van der Waals surface area contributed by atoms with Crippen LogP contribution in [-0.2, 0) is 11.3 Å². The van der Waals surface area contributed by atoms with Crippen molar-refractivity contribution in [1.82, 2.24) is 9.97 Å². The van der Waals surface area contributed by atoms with Gasteiger partial charge in [-0.15, -0.1) is 0 Å². The number of rotatable bonds is 8. The van der Waals surface area contributed by atoms with Gasteiger partial charge in [-0.2, -0.15) is 4.98 Å². The van der Waals surface area contributed by atoms with Crippen molar-refractivity contribution in [1.29, 1.82) is 0 Å². The van der Waals surface area contributed by atoms with Gasteiger partial charge in [0.05, 0.1) is 6.61 Å². The summed E-state index contributed by atoms with van der Waals surface area (Å²) >= 11 is 0. The molecule has 0 aliphatic rings. The summed E-state index contributed by atoms with van der Waals surface area (Å²) in [5.41, 5.74) is 6.53. The second-order valence-electron chi connectivity index (χ2n) is 5.30. The SMILES string of the molecule is CCC(C)Nc1nc(COC)nc(OCC(C)C)c1N. The van der Waals surface area contributed by atoms with Gasteiger partial charge in [-0.3, -0.25) is 0 Å². The van der Waals surface area contributed by atoms with Crippen LogP contribution in [0.15, 0.2) is 0 Å². The molecular formula is C14H26N4O2. The molecule has 0 fully saturated rings. The second kappa shape index (κ2) is 7.89. The van der Waals surface area contributed by atoms with Crippen LogP contribution in [0.2, 0.25) is 0 Å². The normalized spacial score (nSPS) is 12.5. The number of ether oxygens (including phenoxy) is 2. The first-order chi connectivity index (χ1) is 9.47. The molecule has 114 valence electrons. The van der Waals surface area contributed by atoms with Crippen molar-refractivity contribution in [2.45, 2.75) is 46.8 Å². The minimum Gasteiger partial charge on any atom is -0.476 e. The van der Waals surface area contributed by atoms with Crippen LogP contribution in [0.3, 0.4) is 0 Å². The maximum atomic E-state index is 6.08. The van der Waals surface area contributed by atoms with E-state index in [1.165, 1.54) is 0 Å². The third-order valence-electron chi connectivity index (χ3n) is 2.78. The molecule has 1 aromatic rings. The Morgan fingerprint density at radius 1 is 1.25 bits per heavy atom. The number of methoxy groups -OCH3 is 1. The molecule has 0 aliphatic heterocycles. The highest BCUT2D eigenvalue weighted by molar-refractivity contribution is 5.67. The van der Waals surface area contributed by atoms with Crippen molar-refractivity contribution in [2.24, 2.45) is 5.92 Å². The fourth-order valence-corrected chi connectivity index (χ4v) is 1.49. The van der Waals surface area contributed by atoms with Crippen LogP contribution in [0.5, 0.6) is 5.88 Å². The quantitative estimate of drug-likeness (QED) is 0.762. The number of nitrogen functional groups attached to an aromatic ring is 1. The monoisotopic (exact) mass is 282 g/mol. The molecular weight excluding hydrogens is 256 g/mol. The number of nitrogens with two attached hydrogens (primary N) is 1. The van der Waals surface area contributed by atoms with Crippen LogP contribution in [0.4, 0.5) is 11.5 Å². The lowest BCUT2D eigenvalue weighted by molar-refractivity contribution is 0.176. The van der Waals surface area contributed by atoms with Crippen LogP contribution in [0.25, 0.3) is 0 Å². The van der Waals surface area contributed by atoms with Gasteiger partial charge in [0.25, 0.3) is 0 Å². The summed E-state index contributed by atoms with van der Waals surface area (Å²) in [4.78, 5) is 8.69. The van der Waals surface area contributed by atoms with Gasteiger partial charge in [-0.25, -0.2) is 4.98 Å². The van der Waals surface area contributed by atoms with E-state index in [-0.39, 0.29) is 6.04 Å². The lowest BCUT2D eigenvalue weighted by Crippen LogP contribution is -2.18. The first-order valence-electron chi connectivity index (χ1n) is 7.02. The van der Waals surface area contributed by atoms with Crippen LogP contribution in [0.1, 0.15) is 39.9 Å². The maximum absolute atomic E-state index is 6.08. The van der Waals surface area contributed by atoms with Gasteiger partial charge in [0.1, 0.15) is 12.3 Å². The van der Waals surface area contributed by atoms with E-state index in [4.69, 9.17) is 15.2 Å². The molecule has 20 heavy (non-hydrogen) atoms. The van der Waals surface area contributed by atoms with E-state index in [2.05, 4.69) is 43.0 Å². The molecule has 0 radical (unpaired) electrons. The molecule has 0 saturated carbocycles. The highest BCUT2D eigenvalue weighted by Gasteiger charge is 2.15. The highest BCUT2D eigenvalue weighted by atomic mass is 16.5. The summed E-state index contributed by atoms with van der Waals surface area (Å²) in [7, 11) is 1.61. The van der Waals surface area contributed by atoms with E-state index in [1.54, 1.807) is 7.11 Å². The molecule has 6 nitrogen and oxygen atoms in total. The first kappa shape index (κ1) is 16.5. The Morgan fingerprint density at radius 2 is 1.95 bits per heavy atom. The Bertz CT molecular complexity index is 424. The Morgan fingerprint density at radius 3 is 2.50 bits per heavy atom. The molecule has 6 heteroatoms. The van der Waals surface area contributed by atoms with E-state index in [9.17, 15) is 0 Å². The maximum Gasteiger partial charge on any atom is 0.242 e. The fraction of sp³-hybridized carbons (Fsp3) is 0.714. The zero-order valence-corrected chi connectivity index (χ0v) is 13.1. The van der Waals surface area contributed by atoms with E-state index < -0.39 is 0 Å². The van der Waals surface area contributed by atoms with E-state index in [1.807, 2.05) is 0 Å². The van der Waals surface area contributed by atoms with E-state index >= 15 is 0 Å². The lowest BCUT2D eigenvalue weighted by atomic mass is 10.2. The number of hydrogen-bond acceptors (Lipinski definition) is 6. The van der Waals surface area contributed by atoms with Crippen LogP contribution in [-0.4, -0.2) is 29.7 Å². The Balaban J connectivity index is 3.01. The highest BCUT2D eigenvalue weighted by Crippen LogP contribution is 2.27. The predicted octanol–water partition coefficient (Wildman–Crippen LogP) is 2.45. The molecule has 1 unspecified atom stereocenters. The summed E-state index contributed by atoms with van der Waals surface area (Å²) < 4.78 is 10.8. The first-order valence-corrected chi connectivity index (χ1v) is 7.02. The zero-order valence-electron chi connectivity index (χ0n) is 13.1. The summed E-state index contributed by atoms with van der Waals surface area (Å²) in [6.45, 7) is 9.22. The van der Waals surface area contributed by atoms with Crippen molar-refractivity contribution in [2.75, 3.05) is 24.8 Å². The molecule has 0 bridgehead atoms. The minimum atomic E-state index is 0.278. The van der Waals surface area contributed by atoms with Crippen molar-refractivity contribution in [3.63, 3.8) is 0 Å². The lowest BCUT2D eigenvalue weighted by Gasteiger charge is -2.17. The Labute approximate surface area is 121 Å². The van der Waals surface area contributed by atoms with E-state index in [0.717, 1.165) is 6.42 Å². The molecule has 0 aromatic carbocycles. The van der Waals surface area contributed by atoms with Crippen molar-refractivity contribution in [3.8, 4) is 5.88 Å². The van der Waals surface area contributed by atoms with Gasteiger partial charge >= 0.3 is 0 Å². The van der Waals surface area contributed by atoms with Gasteiger partial charge in [-0.1, -0.05) is 20.8 Å². The minimum absolute atomic E-state index is 0.278. The molecule has 0 amide bonds. The molecule has 1 atom stereocenters. The summed E-state index contributed by atoms with van der Waals surface area (Å²) in [6.07, 6.45) is 0.977. The second-order valence-corrected chi connectivity index (χ2v) is 5.30.